The maximum atomic E-state index is 15.0. The number of ether oxygens (including phenoxy) is 2. The molecule has 2 unspecified atom stereocenters. The van der Waals surface area contributed by atoms with Crippen molar-refractivity contribution < 1.29 is 28.3 Å². The molecular formula is C37H50N4O6Si. The Morgan fingerprint density at radius 2 is 1.62 bits per heavy atom. The van der Waals surface area contributed by atoms with Crippen LogP contribution in [0.2, 0.25) is 13.1 Å². The van der Waals surface area contributed by atoms with E-state index >= 15 is 0 Å². The Balaban J connectivity index is 1.85. The monoisotopic (exact) mass is 674 g/mol. The third-order valence-corrected chi connectivity index (χ3v) is 9.30. The van der Waals surface area contributed by atoms with Gasteiger partial charge in [-0.05, 0) is 62.5 Å². The molecule has 4 amide bonds. The Morgan fingerprint density at radius 1 is 0.979 bits per heavy atom. The fraction of sp³-hybridized carbons (Fsp3) is 0.432. The largest absolute Gasteiger partial charge is 0.416 e. The van der Waals surface area contributed by atoms with E-state index in [1.807, 2.05) is 51.1 Å². The number of primary amides is 1. The van der Waals surface area contributed by atoms with Crippen molar-refractivity contribution in [1.29, 1.82) is 0 Å². The zero-order valence-corrected chi connectivity index (χ0v) is 30.5. The number of carbonyl (C=O) groups is 3. The van der Waals surface area contributed by atoms with Crippen LogP contribution >= 0.6 is 0 Å². The number of aryl methyl sites for hydroxylation is 1. The summed E-state index contributed by atoms with van der Waals surface area (Å²) in [6.07, 6.45) is -0.735. The van der Waals surface area contributed by atoms with Crippen molar-refractivity contribution in [2.75, 3.05) is 30.0 Å². The molecule has 0 saturated carbocycles. The van der Waals surface area contributed by atoms with Crippen LogP contribution in [0.3, 0.4) is 0 Å². The number of hydrogen-bond acceptors (Lipinski definition) is 6. The van der Waals surface area contributed by atoms with E-state index in [-0.39, 0.29) is 12.0 Å². The smallest absolute Gasteiger partial charge is 0.320 e. The highest BCUT2D eigenvalue weighted by molar-refractivity contribution is 6.48. The lowest BCUT2D eigenvalue weighted by Crippen LogP contribution is -2.60. The quantitative estimate of drug-likeness (QED) is 0.146. The van der Waals surface area contributed by atoms with Crippen LogP contribution in [0.25, 0.3) is 0 Å². The van der Waals surface area contributed by atoms with Gasteiger partial charge in [0.2, 0.25) is 5.91 Å². The summed E-state index contributed by atoms with van der Waals surface area (Å²) in [5.41, 5.74) is 9.03. The topological polar surface area (TPSA) is 132 Å². The van der Waals surface area contributed by atoms with Crippen LogP contribution in [-0.4, -0.2) is 52.9 Å². The molecule has 3 aromatic carbocycles. The van der Waals surface area contributed by atoms with E-state index in [0.29, 0.717) is 42.3 Å². The molecule has 11 heteroatoms. The number of nitrogens with zero attached hydrogens (tertiary/aromatic N) is 1. The number of nitrogens with one attached hydrogen (secondary N) is 2. The highest BCUT2D eigenvalue weighted by atomic mass is 28.3. The molecule has 2 atom stereocenters. The molecule has 0 spiro atoms. The molecule has 1 aliphatic rings. The van der Waals surface area contributed by atoms with E-state index in [1.165, 1.54) is 4.90 Å². The number of carbonyl (C=O) groups excluding carboxylic acids is 3. The second-order valence-corrected chi connectivity index (χ2v) is 15.8. The molecule has 3 aromatic rings. The normalized spacial score (nSPS) is 16.7. The first-order valence-corrected chi connectivity index (χ1v) is 19.4. The molecule has 1 heterocycles. The third kappa shape index (κ3) is 7.98. The first kappa shape index (κ1) is 36.8. The Morgan fingerprint density at radius 3 is 2.21 bits per heavy atom. The summed E-state index contributed by atoms with van der Waals surface area (Å²) in [7, 11) is -1.38. The van der Waals surface area contributed by atoms with Gasteiger partial charge in [0.05, 0.1) is 24.8 Å². The highest BCUT2D eigenvalue weighted by Crippen LogP contribution is 2.48. The second-order valence-electron chi connectivity index (χ2n) is 13.4. The maximum absolute atomic E-state index is 15.0. The van der Waals surface area contributed by atoms with Gasteiger partial charge in [-0.15, -0.1) is 0 Å². The molecular weight excluding hydrogens is 625 g/mol. The number of anilines is 2. The summed E-state index contributed by atoms with van der Waals surface area (Å²) in [6.45, 7) is 17.3. The molecule has 4 N–H and O–H groups in total. The van der Waals surface area contributed by atoms with Gasteiger partial charge in [-0.2, -0.15) is 0 Å². The van der Waals surface area contributed by atoms with Gasteiger partial charge in [-0.1, -0.05) is 80.9 Å². The molecule has 258 valence electrons. The lowest BCUT2D eigenvalue weighted by molar-refractivity contribution is -0.139. The summed E-state index contributed by atoms with van der Waals surface area (Å²) < 4.78 is 17.7. The Labute approximate surface area is 286 Å². The lowest BCUT2D eigenvalue weighted by Gasteiger charge is -2.36. The van der Waals surface area contributed by atoms with Gasteiger partial charge in [0, 0.05) is 30.0 Å². The minimum atomic E-state index is -1.89. The summed E-state index contributed by atoms with van der Waals surface area (Å²) in [5, 5.41) is 5.97. The van der Waals surface area contributed by atoms with Crippen LogP contribution in [0.5, 0.6) is 0 Å². The maximum Gasteiger partial charge on any atom is 0.320 e. The van der Waals surface area contributed by atoms with Crippen LogP contribution in [-0.2, 0) is 41.0 Å². The zero-order chi connectivity index (χ0) is 35.2. The Kier molecular flexibility index (Phi) is 11.9. The van der Waals surface area contributed by atoms with Crippen molar-refractivity contribution >= 4 is 38.3 Å². The van der Waals surface area contributed by atoms with Crippen LogP contribution < -0.4 is 21.3 Å². The number of urea groups is 1. The fourth-order valence-electron chi connectivity index (χ4n) is 6.08. The summed E-state index contributed by atoms with van der Waals surface area (Å²) in [5.74, 6) is -2.54. The zero-order valence-electron chi connectivity index (χ0n) is 29.4. The molecule has 0 fully saturated rings. The van der Waals surface area contributed by atoms with Crippen molar-refractivity contribution in [2.45, 2.75) is 84.4 Å². The molecule has 0 bridgehead atoms. The van der Waals surface area contributed by atoms with Crippen molar-refractivity contribution in [2.24, 2.45) is 5.73 Å². The lowest BCUT2D eigenvalue weighted by atomic mass is 9.74. The second kappa shape index (κ2) is 15.5. The van der Waals surface area contributed by atoms with E-state index in [2.05, 4.69) is 44.5 Å². The standard InChI is InChI=1S/C37H50N4O6Si/c1-9-45-31(46-10-2)22-41-30-14-12-11-13-28(30)37(34(41)43,32(33(38)42)25-17-15-24(3)16-18-25)40-35(44)39-29-20-19-27(36(4,5)6)21-26(29)23-47-48(7)8/h11-21,31-32,48H,9-10,22-23H2,1-8H3,(H2,38,42)(H2,39,40,44). The van der Waals surface area contributed by atoms with Gasteiger partial charge in [-0.25, -0.2) is 4.79 Å². The van der Waals surface area contributed by atoms with Crippen molar-refractivity contribution in [3.05, 3.63) is 94.5 Å². The minimum absolute atomic E-state index is 0.0385. The molecule has 1 aliphatic heterocycles. The fourth-order valence-corrected chi connectivity index (χ4v) is 6.60. The Bertz CT molecular complexity index is 1600. The number of amides is 4. The van der Waals surface area contributed by atoms with Gasteiger partial charge in [0.1, 0.15) is 0 Å². The number of hydrogen-bond donors (Lipinski definition) is 3. The predicted octanol–water partition coefficient (Wildman–Crippen LogP) is 5.82. The summed E-state index contributed by atoms with van der Waals surface area (Å²) in [4.78, 5) is 44.2. The average Bonchev–Trinajstić information content (AvgIpc) is 3.24. The molecule has 0 aliphatic carbocycles. The van der Waals surface area contributed by atoms with Gasteiger partial charge < -0.3 is 35.2 Å². The van der Waals surface area contributed by atoms with Gasteiger partial charge in [-0.3, -0.25) is 9.59 Å². The van der Waals surface area contributed by atoms with Gasteiger partial charge >= 0.3 is 6.03 Å². The SMILES string of the molecule is CCOC(CN1C(=O)C(NC(=O)Nc2ccc(C(C)(C)C)cc2CO[SiH](C)C)(C(C(N)=O)c2ccc(C)cc2)c2ccccc21)OCC. The molecule has 48 heavy (non-hydrogen) atoms. The van der Waals surface area contributed by atoms with Gasteiger partial charge in [0.25, 0.3) is 5.91 Å². The van der Waals surface area contributed by atoms with Crippen LogP contribution in [0, 0.1) is 6.92 Å². The van der Waals surface area contributed by atoms with Crippen LogP contribution in [0.15, 0.2) is 66.7 Å². The number of rotatable bonds is 14. The summed E-state index contributed by atoms with van der Waals surface area (Å²) in [6, 6.07) is 19.5. The van der Waals surface area contributed by atoms with E-state index < -0.39 is 44.6 Å². The summed E-state index contributed by atoms with van der Waals surface area (Å²) >= 11 is 0. The van der Waals surface area contributed by atoms with E-state index in [9.17, 15) is 14.4 Å². The van der Waals surface area contributed by atoms with Crippen molar-refractivity contribution in [3.63, 3.8) is 0 Å². The number of benzene rings is 3. The third-order valence-electron chi connectivity index (χ3n) is 8.47. The number of fused-ring (bicyclic) bond motifs is 1. The molecule has 0 aromatic heterocycles. The number of para-hydroxylation sites is 1. The average molecular weight is 675 g/mol. The predicted molar refractivity (Wildman–Crippen MR) is 192 cm³/mol. The first-order chi connectivity index (χ1) is 22.7. The molecule has 0 radical (unpaired) electrons. The van der Waals surface area contributed by atoms with Crippen LogP contribution in [0.4, 0.5) is 16.2 Å². The highest BCUT2D eigenvalue weighted by Gasteiger charge is 2.59. The Hall–Kier alpha value is -4.03. The van der Waals surface area contributed by atoms with Gasteiger partial charge in [0.15, 0.2) is 20.9 Å². The van der Waals surface area contributed by atoms with Crippen LogP contribution in [0.1, 0.15) is 68.4 Å². The number of nitrogens with two attached hydrogens (primary N) is 1. The van der Waals surface area contributed by atoms with E-state index in [4.69, 9.17) is 19.6 Å². The van der Waals surface area contributed by atoms with Crippen molar-refractivity contribution in [1.82, 2.24) is 5.32 Å². The minimum Gasteiger partial charge on any atom is -0.416 e. The first-order valence-electron chi connectivity index (χ1n) is 16.6. The van der Waals surface area contributed by atoms with E-state index in [1.54, 1.807) is 36.4 Å². The molecule has 10 nitrogen and oxygen atoms in total. The molecule has 0 saturated heterocycles. The van der Waals surface area contributed by atoms with Crippen molar-refractivity contribution in [3.8, 4) is 0 Å². The molecule has 4 rings (SSSR count). The van der Waals surface area contributed by atoms with E-state index in [0.717, 1.165) is 16.7 Å².